The molecule has 0 bridgehead atoms. The van der Waals surface area contributed by atoms with E-state index < -0.39 is 0 Å². The fourth-order valence-corrected chi connectivity index (χ4v) is 3.00. The molecule has 0 spiro atoms. The van der Waals surface area contributed by atoms with Crippen molar-refractivity contribution < 1.29 is 0 Å². The topological polar surface area (TPSA) is 56.2 Å². The van der Waals surface area contributed by atoms with Crippen LogP contribution in [0, 0.1) is 13.8 Å². The Balaban J connectivity index is 0.00000147. The van der Waals surface area contributed by atoms with E-state index in [2.05, 4.69) is 42.1 Å². The summed E-state index contributed by atoms with van der Waals surface area (Å²) in [4.78, 5) is 5.60. The lowest BCUT2D eigenvalue weighted by Crippen LogP contribution is -2.02. The number of fused-ring (bicyclic) bond motifs is 1. The number of hydrogen-bond acceptors (Lipinski definition) is 4. The highest BCUT2D eigenvalue weighted by molar-refractivity contribution is 7.16. The molecule has 0 amide bonds. The Kier molecular flexibility index (Phi) is 4.42. The normalized spacial score (nSPS) is 10.8. The van der Waals surface area contributed by atoms with Crippen LogP contribution in [0.25, 0.3) is 16.2 Å². The van der Waals surface area contributed by atoms with Gasteiger partial charge >= 0.3 is 0 Å². The van der Waals surface area contributed by atoms with Gasteiger partial charge in [-0.2, -0.15) is 5.10 Å². The van der Waals surface area contributed by atoms with Crippen molar-refractivity contribution in [3.63, 3.8) is 0 Å². The van der Waals surface area contributed by atoms with E-state index in [4.69, 9.17) is 5.73 Å². The van der Waals surface area contributed by atoms with Crippen LogP contribution in [0.1, 0.15) is 16.1 Å². The summed E-state index contributed by atoms with van der Waals surface area (Å²) in [7, 11) is 0. The number of aromatic nitrogens is 3. The van der Waals surface area contributed by atoms with Crippen LogP contribution in [0.5, 0.6) is 0 Å². The van der Waals surface area contributed by atoms with Crippen molar-refractivity contribution in [3.05, 3.63) is 40.5 Å². The smallest absolute Gasteiger partial charge is 0.212 e. The highest BCUT2D eigenvalue weighted by Crippen LogP contribution is 2.25. The molecule has 0 atom stereocenters. The van der Waals surface area contributed by atoms with E-state index in [1.807, 2.05) is 10.7 Å². The molecule has 0 saturated heterocycles. The van der Waals surface area contributed by atoms with Crippen LogP contribution in [-0.2, 0) is 6.42 Å². The van der Waals surface area contributed by atoms with Crippen molar-refractivity contribution in [2.45, 2.75) is 20.3 Å². The second-order valence-corrected chi connectivity index (χ2v) is 5.75. The molecule has 6 heteroatoms. The molecule has 0 aliphatic carbocycles. The minimum atomic E-state index is 0. The maximum atomic E-state index is 5.55. The molecule has 3 aromatic rings. The molecular weight excluding hydrogens is 292 g/mol. The SMILES string of the molecule is Cc1ccc(C)c(-c2cn3nc(CCN)sc3n2)c1.Cl. The molecule has 0 saturated carbocycles. The van der Waals surface area contributed by atoms with E-state index in [1.54, 1.807) is 11.3 Å². The van der Waals surface area contributed by atoms with Gasteiger partial charge in [0.05, 0.1) is 11.9 Å². The molecule has 4 nitrogen and oxygen atoms in total. The Bertz CT molecular complexity index is 700. The third-order valence-electron chi connectivity index (χ3n) is 3.11. The first-order chi connectivity index (χ1) is 9.17. The van der Waals surface area contributed by atoms with Crippen LogP contribution < -0.4 is 5.73 Å². The van der Waals surface area contributed by atoms with Crippen molar-refractivity contribution >= 4 is 28.7 Å². The second kappa shape index (κ2) is 5.91. The molecule has 20 heavy (non-hydrogen) atoms. The molecular formula is C14H17ClN4S. The molecule has 3 rings (SSSR count). The molecule has 0 unspecified atom stereocenters. The lowest BCUT2D eigenvalue weighted by molar-refractivity contribution is 0.873. The van der Waals surface area contributed by atoms with Gasteiger partial charge in [-0.05, 0) is 32.0 Å². The molecule has 1 aromatic carbocycles. The van der Waals surface area contributed by atoms with Crippen molar-refractivity contribution in [3.8, 4) is 11.3 Å². The Morgan fingerprint density at radius 3 is 2.80 bits per heavy atom. The van der Waals surface area contributed by atoms with Gasteiger partial charge in [0.25, 0.3) is 0 Å². The number of halogens is 1. The van der Waals surface area contributed by atoms with E-state index in [1.165, 1.54) is 16.7 Å². The number of rotatable bonds is 3. The highest BCUT2D eigenvalue weighted by Gasteiger charge is 2.11. The fraction of sp³-hybridized carbons (Fsp3) is 0.286. The molecule has 106 valence electrons. The number of hydrogen-bond donors (Lipinski definition) is 1. The first-order valence-corrected chi connectivity index (χ1v) is 7.12. The Labute approximate surface area is 128 Å². The lowest BCUT2D eigenvalue weighted by atomic mass is 10.0. The van der Waals surface area contributed by atoms with E-state index in [0.717, 1.165) is 22.1 Å². The standard InChI is InChI=1S/C14H16N4S.ClH/c1-9-3-4-10(2)11(7-9)12-8-18-14(16-12)19-13(17-18)5-6-15;/h3-4,7-8H,5-6,15H2,1-2H3;1H. The predicted molar refractivity (Wildman–Crippen MR) is 85.8 cm³/mol. The number of nitrogens with zero attached hydrogens (tertiary/aromatic N) is 3. The number of imidazole rings is 1. The summed E-state index contributed by atoms with van der Waals surface area (Å²) in [6, 6.07) is 6.42. The van der Waals surface area contributed by atoms with Crippen LogP contribution >= 0.6 is 23.7 Å². The van der Waals surface area contributed by atoms with Crippen LogP contribution in [0.15, 0.2) is 24.4 Å². The Morgan fingerprint density at radius 1 is 1.30 bits per heavy atom. The van der Waals surface area contributed by atoms with Crippen molar-refractivity contribution in [2.24, 2.45) is 5.73 Å². The molecule has 2 heterocycles. The molecule has 0 fully saturated rings. The van der Waals surface area contributed by atoms with Crippen LogP contribution in [0.4, 0.5) is 0 Å². The van der Waals surface area contributed by atoms with Gasteiger partial charge in [-0.3, -0.25) is 0 Å². The summed E-state index contributed by atoms with van der Waals surface area (Å²) in [5.74, 6) is 0. The van der Waals surface area contributed by atoms with E-state index in [9.17, 15) is 0 Å². The van der Waals surface area contributed by atoms with E-state index >= 15 is 0 Å². The van der Waals surface area contributed by atoms with Crippen LogP contribution in [0.2, 0.25) is 0 Å². The zero-order chi connectivity index (χ0) is 13.4. The zero-order valence-corrected chi connectivity index (χ0v) is 13.1. The first-order valence-electron chi connectivity index (χ1n) is 6.30. The summed E-state index contributed by atoms with van der Waals surface area (Å²) in [5, 5.41) is 5.53. The average molecular weight is 309 g/mol. The molecule has 2 N–H and O–H groups in total. The summed E-state index contributed by atoms with van der Waals surface area (Å²) in [6.45, 7) is 4.83. The Morgan fingerprint density at radius 2 is 2.10 bits per heavy atom. The van der Waals surface area contributed by atoms with Gasteiger partial charge in [-0.15, -0.1) is 12.4 Å². The largest absolute Gasteiger partial charge is 0.330 e. The van der Waals surface area contributed by atoms with Gasteiger partial charge in [-0.1, -0.05) is 29.0 Å². The van der Waals surface area contributed by atoms with E-state index in [0.29, 0.717) is 6.54 Å². The summed E-state index contributed by atoms with van der Waals surface area (Å²) < 4.78 is 1.85. The summed E-state index contributed by atoms with van der Waals surface area (Å²) in [5.41, 5.74) is 10.2. The Hall–Kier alpha value is -1.43. The third-order valence-corrected chi connectivity index (χ3v) is 4.09. The van der Waals surface area contributed by atoms with Crippen LogP contribution in [0.3, 0.4) is 0 Å². The lowest BCUT2D eigenvalue weighted by Gasteiger charge is -2.03. The molecule has 2 aromatic heterocycles. The monoisotopic (exact) mass is 308 g/mol. The van der Waals surface area contributed by atoms with Crippen LogP contribution in [-0.4, -0.2) is 21.1 Å². The maximum absolute atomic E-state index is 5.55. The molecule has 0 radical (unpaired) electrons. The fourth-order valence-electron chi connectivity index (χ4n) is 2.11. The highest BCUT2D eigenvalue weighted by atomic mass is 35.5. The minimum Gasteiger partial charge on any atom is -0.330 e. The van der Waals surface area contributed by atoms with Gasteiger partial charge in [-0.25, -0.2) is 9.50 Å². The summed E-state index contributed by atoms with van der Waals surface area (Å²) >= 11 is 1.61. The van der Waals surface area contributed by atoms with Gasteiger partial charge in [0.2, 0.25) is 4.96 Å². The molecule has 0 aliphatic heterocycles. The summed E-state index contributed by atoms with van der Waals surface area (Å²) in [6.07, 6.45) is 2.81. The maximum Gasteiger partial charge on any atom is 0.212 e. The second-order valence-electron chi connectivity index (χ2n) is 4.71. The number of benzene rings is 1. The van der Waals surface area contributed by atoms with Gasteiger partial charge < -0.3 is 5.73 Å². The minimum absolute atomic E-state index is 0. The van der Waals surface area contributed by atoms with Crippen molar-refractivity contribution in [2.75, 3.05) is 6.54 Å². The zero-order valence-electron chi connectivity index (χ0n) is 11.5. The van der Waals surface area contributed by atoms with Gasteiger partial charge in [0.15, 0.2) is 0 Å². The van der Waals surface area contributed by atoms with Crippen molar-refractivity contribution in [1.29, 1.82) is 0 Å². The predicted octanol–water partition coefficient (Wildman–Crippen LogP) is 3.00. The molecule has 0 aliphatic rings. The van der Waals surface area contributed by atoms with Crippen molar-refractivity contribution in [1.82, 2.24) is 14.6 Å². The number of aryl methyl sites for hydroxylation is 2. The van der Waals surface area contributed by atoms with Gasteiger partial charge in [0.1, 0.15) is 5.01 Å². The number of nitrogens with two attached hydrogens (primary N) is 1. The quantitative estimate of drug-likeness (QED) is 0.809. The van der Waals surface area contributed by atoms with Gasteiger partial charge in [0, 0.05) is 12.0 Å². The average Bonchev–Trinajstić information content (AvgIpc) is 2.90. The van der Waals surface area contributed by atoms with E-state index in [-0.39, 0.29) is 12.4 Å². The third kappa shape index (κ3) is 2.70. The first kappa shape index (κ1) is 15.0.